The molecule has 28 heavy (non-hydrogen) atoms. The molecule has 2 N–H and O–H groups in total. The van der Waals surface area contributed by atoms with E-state index in [1.54, 1.807) is 0 Å². The van der Waals surface area contributed by atoms with Gasteiger partial charge in [0.25, 0.3) is 0 Å². The van der Waals surface area contributed by atoms with Crippen LogP contribution in [-0.2, 0) is 25.5 Å². The van der Waals surface area contributed by atoms with Crippen molar-refractivity contribution < 1.29 is 24.2 Å². The van der Waals surface area contributed by atoms with Gasteiger partial charge in [-0.3, -0.25) is 9.59 Å². The standard InChI is InChI=1S/C20H24N2O5S/c1-20(2)15(19(25)26)22-17(24)14(18(22)28-20)21-16(23)13-9-8-12(27-13)10-11-6-4-3-5-7-11/h3-7,12-15,18H,8-10H2,1-2H3,(H,21,23)(H,25,26)/t12?,13?,14-,15+,18-/m1/s1. The van der Waals surface area contributed by atoms with Crippen LogP contribution in [0, 0.1) is 0 Å². The predicted octanol–water partition coefficient (Wildman–Crippen LogP) is 1.41. The van der Waals surface area contributed by atoms with Crippen LogP contribution in [-0.4, -0.2) is 62.2 Å². The Morgan fingerprint density at radius 3 is 2.68 bits per heavy atom. The van der Waals surface area contributed by atoms with Gasteiger partial charge in [0.05, 0.1) is 6.10 Å². The molecule has 7 nitrogen and oxygen atoms in total. The predicted molar refractivity (Wildman–Crippen MR) is 104 cm³/mol. The Labute approximate surface area is 167 Å². The van der Waals surface area contributed by atoms with Crippen molar-refractivity contribution in [2.24, 2.45) is 0 Å². The smallest absolute Gasteiger partial charge is 0.327 e. The van der Waals surface area contributed by atoms with Gasteiger partial charge in [0.1, 0.15) is 23.6 Å². The van der Waals surface area contributed by atoms with Gasteiger partial charge in [0.2, 0.25) is 11.8 Å². The van der Waals surface area contributed by atoms with Crippen LogP contribution in [0.25, 0.3) is 0 Å². The minimum absolute atomic E-state index is 0.0112. The lowest BCUT2D eigenvalue weighted by Gasteiger charge is -2.43. The van der Waals surface area contributed by atoms with Crippen molar-refractivity contribution in [3.8, 4) is 0 Å². The highest BCUT2D eigenvalue weighted by Crippen LogP contribution is 2.50. The summed E-state index contributed by atoms with van der Waals surface area (Å²) >= 11 is 1.42. The number of carbonyl (C=O) groups is 3. The molecule has 0 bridgehead atoms. The zero-order chi connectivity index (χ0) is 20.1. The molecule has 2 unspecified atom stereocenters. The minimum atomic E-state index is -1.01. The molecule has 4 rings (SSSR count). The number of fused-ring (bicyclic) bond motifs is 1. The van der Waals surface area contributed by atoms with E-state index in [-0.39, 0.29) is 23.3 Å². The van der Waals surface area contributed by atoms with E-state index in [1.807, 2.05) is 44.2 Å². The highest BCUT2D eigenvalue weighted by molar-refractivity contribution is 8.01. The monoisotopic (exact) mass is 404 g/mol. The normalized spacial score (nSPS) is 33.3. The third-order valence-corrected chi connectivity index (χ3v) is 7.25. The van der Waals surface area contributed by atoms with Gasteiger partial charge >= 0.3 is 5.97 Å². The Morgan fingerprint density at radius 1 is 1.29 bits per heavy atom. The molecule has 0 aromatic heterocycles. The fourth-order valence-electron chi connectivity index (χ4n) is 4.32. The lowest BCUT2D eigenvalue weighted by Crippen LogP contribution is -2.71. The summed E-state index contributed by atoms with van der Waals surface area (Å²) < 4.78 is 5.30. The topological polar surface area (TPSA) is 95.9 Å². The average molecular weight is 404 g/mol. The molecule has 0 spiro atoms. The maximum Gasteiger partial charge on any atom is 0.327 e. The number of carboxylic acid groups (broad SMARTS) is 1. The van der Waals surface area contributed by atoms with Crippen molar-refractivity contribution in [2.45, 2.75) is 67.5 Å². The molecule has 0 radical (unpaired) electrons. The van der Waals surface area contributed by atoms with E-state index in [2.05, 4.69) is 5.32 Å². The summed E-state index contributed by atoms with van der Waals surface area (Å²) in [6.45, 7) is 3.63. The van der Waals surface area contributed by atoms with Crippen molar-refractivity contribution in [2.75, 3.05) is 0 Å². The number of amides is 2. The highest BCUT2D eigenvalue weighted by atomic mass is 32.2. The molecular formula is C20H24N2O5S. The van der Waals surface area contributed by atoms with Crippen molar-refractivity contribution in [3.05, 3.63) is 35.9 Å². The van der Waals surface area contributed by atoms with Crippen LogP contribution < -0.4 is 5.32 Å². The van der Waals surface area contributed by atoms with Gasteiger partial charge in [-0.25, -0.2) is 4.79 Å². The third kappa shape index (κ3) is 3.28. The van der Waals surface area contributed by atoms with Crippen LogP contribution in [0.5, 0.6) is 0 Å². The third-order valence-electron chi connectivity index (χ3n) is 5.68. The second-order valence-electron chi connectivity index (χ2n) is 8.10. The first-order valence-corrected chi connectivity index (χ1v) is 10.4. The number of nitrogens with one attached hydrogen (secondary N) is 1. The zero-order valence-corrected chi connectivity index (χ0v) is 16.6. The number of hydrogen-bond acceptors (Lipinski definition) is 5. The van der Waals surface area contributed by atoms with Crippen molar-refractivity contribution in [1.29, 1.82) is 0 Å². The summed E-state index contributed by atoms with van der Waals surface area (Å²) in [4.78, 5) is 38.1. The number of carboxylic acids is 1. The van der Waals surface area contributed by atoms with Crippen molar-refractivity contribution in [1.82, 2.24) is 10.2 Å². The Morgan fingerprint density at radius 2 is 2.00 bits per heavy atom. The summed E-state index contributed by atoms with van der Waals surface area (Å²) in [7, 11) is 0. The molecule has 0 aliphatic carbocycles. The highest BCUT2D eigenvalue weighted by Gasteiger charge is 2.64. The number of hydrogen-bond donors (Lipinski definition) is 2. The second-order valence-corrected chi connectivity index (χ2v) is 9.87. The molecule has 5 atom stereocenters. The maximum atomic E-state index is 12.6. The molecule has 3 heterocycles. The number of ether oxygens (including phenoxy) is 1. The van der Waals surface area contributed by atoms with Gasteiger partial charge in [-0.1, -0.05) is 30.3 Å². The number of rotatable bonds is 5. The van der Waals surface area contributed by atoms with E-state index in [4.69, 9.17) is 4.74 Å². The fraction of sp³-hybridized carbons (Fsp3) is 0.550. The lowest BCUT2D eigenvalue weighted by atomic mass is 9.96. The van der Waals surface area contributed by atoms with Crippen LogP contribution in [0.4, 0.5) is 0 Å². The Hall–Kier alpha value is -2.06. The van der Waals surface area contributed by atoms with E-state index in [0.29, 0.717) is 6.42 Å². The second kappa shape index (κ2) is 7.08. The Kier molecular flexibility index (Phi) is 4.87. The number of carbonyl (C=O) groups excluding carboxylic acids is 2. The molecule has 1 aromatic carbocycles. The molecule has 0 saturated carbocycles. The van der Waals surface area contributed by atoms with Crippen LogP contribution in [0.1, 0.15) is 32.3 Å². The molecule has 3 saturated heterocycles. The van der Waals surface area contributed by atoms with E-state index >= 15 is 0 Å². The fourth-order valence-corrected chi connectivity index (χ4v) is 5.94. The first kappa shape index (κ1) is 19.3. The molecular weight excluding hydrogens is 380 g/mol. The number of nitrogens with zero attached hydrogens (tertiary/aromatic N) is 1. The maximum absolute atomic E-state index is 12.6. The summed E-state index contributed by atoms with van der Waals surface area (Å²) in [6, 6.07) is 8.44. The van der Waals surface area contributed by atoms with Crippen LogP contribution >= 0.6 is 11.8 Å². The number of thioether (sulfide) groups is 1. The van der Waals surface area contributed by atoms with E-state index < -0.39 is 28.9 Å². The largest absolute Gasteiger partial charge is 0.480 e. The quantitative estimate of drug-likeness (QED) is 0.721. The lowest BCUT2D eigenvalue weighted by molar-refractivity contribution is -0.161. The van der Waals surface area contributed by atoms with Gasteiger partial charge in [-0.05, 0) is 38.7 Å². The first-order chi connectivity index (χ1) is 13.3. The summed E-state index contributed by atoms with van der Waals surface area (Å²) in [5.41, 5.74) is 1.17. The number of benzene rings is 1. The Bertz CT molecular complexity index is 799. The van der Waals surface area contributed by atoms with Crippen LogP contribution in [0.2, 0.25) is 0 Å². The summed E-state index contributed by atoms with van der Waals surface area (Å²) in [6.07, 6.45) is 1.60. The first-order valence-electron chi connectivity index (χ1n) is 9.50. The SMILES string of the molecule is CC1(C)S[C@@H]2[C@H](NC(=O)C3CCC(Cc4ccccc4)O3)C(=O)N2[C@H]1C(=O)O. The number of aliphatic carboxylic acids is 1. The minimum Gasteiger partial charge on any atom is -0.480 e. The summed E-state index contributed by atoms with van der Waals surface area (Å²) in [5.74, 6) is -1.63. The van der Waals surface area contributed by atoms with Gasteiger partial charge in [-0.15, -0.1) is 11.8 Å². The van der Waals surface area contributed by atoms with Gasteiger partial charge < -0.3 is 20.1 Å². The molecule has 8 heteroatoms. The zero-order valence-electron chi connectivity index (χ0n) is 15.8. The van der Waals surface area contributed by atoms with Gasteiger partial charge in [-0.2, -0.15) is 0 Å². The van der Waals surface area contributed by atoms with Crippen LogP contribution in [0.15, 0.2) is 30.3 Å². The summed E-state index contributed by atoms with van der Waals surface area (Å²) in [5, 5.41) is 11.9. The molecule has 150 valence electrons. The Balaban J connectivity index is 1.34. The van der Waals surface area contributed by atoms with E-state index in [1.165, 1.54) is 22.2 Å². The number of β-lactam (4-membered cyclic amide) rings is 1. The van der Waals surface area contributed by atoms with Gasteiger partial charge in [0, 0.05) is 4.75 Å². The molecule has 3 aliphatic rings. The van der Waals surface area contributed by atoms with Crippen molar-refractivity contribution in [3.63, 3.8) is 0 Å². The van der Waals surface area contributed by atoms with E-state index in [9.17, 15) is 19.5 Å². The van der Waals surface area contributed by atoms with Gasteiger partial charge in [0.15, 0.2) is 0 Å². The molecule has 3 fully saturated rings. The average Bonchev–Trinajstić information content (AvgIpc) is 3.20. The molecule has 3 aliphatic heterocycles. The molecule has 1 aromatic rings. The van der Waals surface area contributed by atoms with Crippen molar-refractivity contribution >= 4 is 29.5 Å². The van der Waals surface area contributed by atoms with E-state index in [0.717, 1.165) is 12.8 Å². The molecule has 2 amide bonds. The van der Waals surface area contributed by atoms with Crippen LogP contribution in [0.3, 0.4) is 0 Å².